The molecule has 3 rings (SSSR count). The minimum atomic E-state index is 0.171. The van der Waals surface area contributed by atoms with E-state index in [9.17, 15) is 4.79 Å². The molecular formula is C17H22N2O. The van der Waals surface area contributed by atoms with Crippen LogP contribution in [0.25, 0.3) is 10.9 Å². The molecule has 3 heteroatoms. The van der Waals surface area contributed by atoms with E-state index in [0.717, 1.165) is 32.4 Å². The summed E-state index contributed by atoms with van der Waals surface area (Å²) in [5.41, 5.74) is 2.56. The van der Waals surface area contributed by atoms with Gasteiger partial charge in [-0.3, -0.25) is 9.69 Å². The largest absolute Gasteiger partial charge is 0.361 e. The van der Waals surface area contributed by atoms with Crippen molar-refractivity contribution in [1.29, 1.82) is 0 Å². The van der Waals surface area contributed by atoms with Crippen molar-refractivity contribution in [2.45, 2.75) is 38.6 Å². The quantitative estimate of drug-likeness (QED) is 0.906. The lowest BCUT2D eigenvalue weighted by molar-refractivity contribution is -0.123. The van der Waals surface area contributed by atoms with E-state index in [2.05, 4.69) is 40.3 Å². The van der Waals surface area contributed by atoms with Crippen molar-refractivity contribution in [2.24, 2.45) is 0 Å². The molecule has 1 aromatic heterocycles. The van der Waals surface area contributed by atoms with Gasteiger partial charge in [-0.1, -0.05) is 25.1 Å². The van der Waals surface area contributed by atoms with Gasteiger partial charge in [-0.2, -0.15) is 0 Å². The van der Waals surface area contributed by atoms with Crippen molar-refractivity contribution in [3.63, 3.8) is 0 Å². The summed E-state index contributed by atoms with van der Waals surface area (Å²) >= 11 is 0. The number of aromatic amines is 1. The Morgan fingerprint density at radius 3 is 3.10 bits per heavy atom. The molecule has 1 aromatic carbocycles. The summed E-state index contributed by atoms with van der Waals surface area (Å²) in [7, 11) is 0. The molecule has 20 heavy (non-hydrogen) atoms. The van der Waals surface area contributed by atoms with Gasteiger partial charge in [0.2, 0.25) is 0 Å². The molecule has 3 nitrogen and oxygen atoms in total. The first kappa shape index (κ1) is 13.4. The van der Waals surface area contributed by atoms with Crippen LogP contribution >= 0.6 is 0 Å². The van der Waals surface area contributed by atoms with Gasteiger partial charge in [0.15, 0.2) is 0 Å². The smallest absolute Gasteiger partial charge is 0.149 e. The van der Waals surface area contributed by atoms with Crippen molar-refractivity contribution in [1.82, 2.24) is 9.88 Å². The highest BCUT2D eigenvalue weighted by molar-refractivity contribution is 5.84. The fraction of sp³-hybridized carbons (Fsp3) is 0.471. The van der Waals surface area contributed by atoms with Gasteiger partial charge in [-0.15, -0.1) is 0 Å². The summed E-state index contributed by atoms with van der Waals surface area (Å²) in [6.07, 6.45) is 5.98. The number of benzene rings is 1. The molecule has 0 amide bonds. The van der Waals surface area contributed by atoms with Crippen molar-refractivity contribution in [3.8, 4) is 0 Å². The van der Waals surface area contributed by atoms with Crippen molar-refractivity contribution < 1.29 is 4.79 Å². The van der Waals surface area contributed by atoms with E-state index < -0.39 is 0 Å². The molecule has 0 spiro atoms. The summed E-state index contributed by atoms with van der Waals surface area (Å²) in [6.45, 7) is 4.02. The van der Waals surface area contributed by atoms with Crippen LogP contribution in [-0.4, -0.2) is 34.8 Å². The second-order valence-corrected chi connectivity index (χ2v) is 5.62. The van der Waals surface area contributed by atoms with Crippen LogP contribution in [0.2, 0.25) is 0 Å². The number of ketones is 1. The molecule has 1 N–H and O–H groups in total. The Hall–Kier alpha value is -1.61. The molecule has 2 heterocycles. The average Bonchev–Trinajstić information content (AvgIpc) is 3.11. The summed E-state index contributed by atoms with van der Waals surface area (Å²) in [5.74, 6) is 0.404. The number of hydrogen-bond acceptors (Lipinski definition) is 2. The minimum Gasteiger partial charge on any atom is -0.361 e. The number of para-hydroxylation sites is 1. The normalized spacial score (nSPS) is 19.8. The molecule has 0 bridgehead atoms. The van der Waals surface area contributed by atoms with E-state index >= 15 is 0 Å². The highest BCUT2D eigenvalue weighted by atomic mass is 16.1. The van der Waals surface area contributed by atoms with Crippen LogP contribution in [0, 0.1) is 0 Å². The maximum atomic E-state index is 12.0. The first-order chi connectivity index (χ1) is 9.79. The van der Waals surface area contributed by atoms with E-state index in [1.165, 1.54) is 16.5 Å². The zero-order chi connectivity index (χ0) is 13.9. The maximum absolute atomic E-state index is 12.0. The van der Waals surface area contributed by atoms with Gasteiger partial charge in [0.05, 0.1) is 6.04 Å². The van der Waals surface area contributed by atoms with Gasteiger partial charge in [0, 0.05) is 30.1 Å². The van der Waals surface area contributed by atoms with Crippen LogP contribution in [0.4, 0.5) is 0 Å². The lowest BCUT2D eigenvalue weighted by atomic mass is 10.1. The van der Waals surface area contributed by atoms with Crippen molar-refractivity contribution in [2.75, 3.05) is 13.1 Å². The molecule has 0 aliphatic carbocycles. The zero-order valence-electron chi connectivity index (χ0n) is 12.1. The zero-order valence-corrected chi connectivity index (χ0v) is 12.1. The van der Waals surface area contributed by atoms with E-state index in [4.69, 9.17) is 0 Å². The molecule has 0 saturated carbocycles. The Kier molecular flexibility index (Phi) is 3.88. The van der Waals surface area contributed by atoms with E-state index in [1.54, 1.807) is 0 Å². The van der Waals surface area contributed by atoms with Crippen LogP contribution < -0.4 is 0 Å². The molecule has 2 aromatic rings. The number of fused-ring (bicyclic) bond motifs is 1. The number of rotatable bonds is 5. The Balaban J connectivity index is 1.68. The molecule has 1 unspecified atom stereocenters. The third kappa shape index (κ3) is 2.50. The number of nitrogens with zero attached hydrogens (tertiary/aromatic N) is 1. The summed E-state index contributed by atoms with van der Waals surface area (Å²) in [6, 6.07) is 8.58. The summed E-state index contributed by atoms with van der Waals surface area (Å²) in [4.78, 5) is 17.6. The van der Waals surface area contributed by atoms with E-state index in [-0.39, 0.29) is 6.04 Å². The van der Waals surface area contributed by atoms with Crippen LogP contribution in [0.3, 0.4) is 0 Å². The maximum Gasteiger partial charge on any atom is 0.149 e. The number of H-pyrrole nitrogens is 1. The second-order valence-electron chi connectivity index (χ2n) is 5.62. The number of hydrogen-bond donors (Lipinski definition) is 1. The minimum absolute atomic E-state index is 0.171. The standard InChI is InChI=1S/C17H22N2O/c1-2-17(20)16-8-5-10-19(16)11-9-13-12-18-15-7-4-3-6-14(13)15/h3-4,6-7,12,16,18H,2,5,8-11H2,1H3. The number of carbonyl (C=O) groups is 1. The van der Waals surface area contributed by atoms with Crippen molar-refractivity contribution in [3.05, 3.63) is 36.0 Å². The van der Waals surface area contributed by atoms with Gasteiger partial charge in [-0.05, 0) is 37.4 Å². The molecule has 106 valence electrons. The van der Waals surface area contributed by atoms with E-state index in [0.29, 0.717) is 12.2 Å². The second kappa shape index (κ2) is 5.80. The highest BCUT2D eigenvalue weighted by Gasteiger charge is 2.28. The van der Waals surface area contributed by atoms with E-state index in [1.807, 2.05) is 6.92 Å². The Labute approximate surface area is 120 Å². The van der Waals surface area contributed by atoms with Gasteiger partial charge >= 0.3 is 0 Å². The Bertz CT molecular complexity index is 602. The Morgan fingerprint density at radius 2 is 2.25 bits per heavy atom. The van der Waals surface area contributed by atoms with Gasteiger partial charge in [0.25, 0.3) is 0 Å². The monoisotopic (exact) mass is 270 g/mol. The molecule has 1 fully saturated rings. The van der Waals surface area contributed by atoms with Gasteiger partial charge < -0.3 is 4.98 Å². The van der Waals surface area contributed by atoms with Crippen molar-refractivity contribution >= 4 is 16.7 Å². The molecule has 1 aliphatic rings. The average molecular weight is 270 g/mol. The molecular weight excluding hydrogens is 248 g/mol. The van der Waals surface area contributed by atoms with Crippen LogP contribution in [0.5, 0.6) is 0 Å². The number of carbonyl (C=O) groups excluding carboxylic acids is 1. The topological polar surface area (TPSA) is 36.1 Å². The highest BCUT2D eigenvalue weighted by Crippen LogP contribution is 2.22. The molecule has 1 aliphatic heterocycles. The van der Waals surface area contributed by atoms with Gasteiger partial charge in [0.1, 0.15) is 5.78 Å². The number of nitrogens with one attached hydrogen (secondary N) is 1. The summed E-state index contributed by atoms with van der Waals surface area (Å²) < 4.78 is 0. The number of likely N-dealkylation sites (tertiary alicyclic amines) is 1. The van der Waals surface area contributed by atoms with Crippen LogP contribution in [0.15, 0.2) is 30.5 Å². The summed E-state index contributed by atoms with van der Waals surface area (Å²) in [5, 5.41) is 1.31. The van der Waals surface area contributed by atoms with Gasteiger partial charge in [-0.25, -0.2) is 0 Å². The SMILES string of the molecule is CCC(=O)C1CCCN1CCc1c[nH]c2ccccc12. The fourth-order valence-corrected chi connectivity index (χ4v) is 3.30. The number of Topliss-reactive ketones (excluding diaryl/α,β-unsaturated/α-hetero) is 1. The number of aromatic nitrogens is 1. The Morgan fingerprint density at radius 1 is 1.40 bits per heavy atom. The third-order valence-electron chi connectivity index (χ3n) is 4.43. The third-order valence-corrected chi connectivity index (χ3v) is 4.43. The fourth-order valence-electron chi connectivity index (χ4n) is 3.30. The molecule has 0 radical (unpaired) electrons. The lowest BCUT2D eigenvalue weighted by Crippen LogP contribution is -2.37. The lowest BCUT2D eigenvalue weighted by Gasteiger charge is -2.22. The predicted octanol–water partition coefficient (Wildman–Crippen LogP) is 3.15. The first-order valence-corrected chi connectivity index (χ1v) is 7.61. The van der Waals surface area contributed by atoms with Crippen LogP contribution in [-0.2, 0) is 11.2 Å². The molecule has 1 atom stereocenters. The molecule has 1 saturated heterocycles. The van der Waals surface area contributed by atoms with Crippen LogP contribution in [0.1, 0.15) is 31.7 Å². The first-order valence-electron chi connectivity index (χ1n) is 7.61. The predicted molar refractivity (Wildman–Crippen MR) is 81.9 cm³/mol.